The Kier molecular flexibility index (Phi) is 19.2. The van der Waals surface area contributed by atoms with Crippen LogP contribution in [0.2, 0.25) is 0 Å². The van der Waals surface area contributed by atoms with Gasteiger partial charge in [0.2, 0.25) is 0 Å². The van der Waals surface area contributed by atoms with Crippen LogP contribution in [0.4, 0.5) is 0 Å². The van der Waals surface area contributed by atoms with Crippen LogP contribution in [0.3, 0.4) is 0 Å². The summed E-state index contributed by atoms with van der Waals surface area (Å²) >= 11 is 0. The van der Waals surface area contributed by atoms with Crippen LogP contribution in [0.25, 0.3) is 5.76 Å². The van der Waals surface area contributed by atoms with Gasteiger partial charge in [0.25, 0.3) is 0 Å². The van der Waals surface area contributed by atoms with E-state index in [0.29, 0.717) is 24.3 Å². The lowest BCUT2D eigenvalue weighted by molar-refractivity contribution is 0.104. The predicted octanol–water partition coefficient (Wildman–Crippen LogP) is 11.3. The number of ketones is 1. The molecule has 0 fully saturated rings. The quantitative estimate of drug-likeness (QED) is 0.0564. The maximum Gasteiger partial charge on any atom is 0.189 e. The van der Waals surface area contributed by atoms with Crippen molar-refractivity contribution in [3.63, 3.8) is 0 Å². The van der Waals surface area contributed by atoms with Crippen molar-refractivity contribution < 1.29 is 19.4 Å². The van der Waals surface area contributed by atoms with Crippen molar-refractivity contribution >= 4 is 11.5 Å². The average molecular weight is 565 g/mol. The molecule has 0 heterocycles. The Morgan fingerprint density at radius 3 is 1.27 bits per heavy atom. The first-order valence-electron chi connectivity index (χ1n) is 16.5. The van der Waals surface area contributed by atoms with E-state index in [1.807, 2.05) is 24.3 Å². The molecule has 0 aliphatic carbocycles. The maximum absolute atomic E-state index is 12.7. The number of benzene rings is 2. The van der Waals surface area contributed by atoms with E-state index in [1.165, 1.54) is 109 Å². The van der Waals surface area contributed by atoms with Gasteiger partial charge in [-0.05, 0) is 61.4 Å². The summed E-state index contributed by atoms with van der Waals surface area (Å²) in [5, 5.41) is 10.5. The highest BCUT2D eigenvalue weighted by molar-refractivity contribution is 6.07. The molecule has 4 nitrogen and oxygen atoms in total. The molecule has 0 atom stereocenters. The van der Waals surface area contributed by atoms with Crippen molar-refractivity contribution in [2.45, 2.75) is 129 Å². The Morgan fingerprint density at radius 1 is 0.537 bits per heavy atom. The van der Waals surface area contributed by atoms with E-state index in [2.05, 4.69) is 13.8 Å². The Bertz CT molecular complexity index is 946. The summed E-state index contributed by atoms with van der Waals surface area (Å²) in [6, 6.07) is 14.4. The lowest BCUT2D eigenvalue weighted by Crippen LogP contribution is -2.00. The smallest absolute Gasteiger partial charge is 0.189 e. The van der Waals surface area contributed by atoms with E-state index in [9.17, 15) is 9.90 Å². The highest BCUT2D eigenvalue weighted by Crippen LogP contribution is 2.20. The molecule has 0 spiro atoms. The van der Waals surface area contributed by atoms with E-state index < -0.39 is 0 Å². The Balaban J connectivity index is 1.62. The molecule has 228 valence electrons. The van der Waals surface area contributed by atoms with E-state index in [0.717, 1.165) is 24.3 Å². The third kappa shape index (κ3) is 16.3. The van der Waals surface area contributed by atoms with Crippen LogP contribution in [0, 0.1) is 0 Å². The lowest BCUT2D eigenvalue weighted by Gasteiger charge is -2.08. The van der Waals surface area contributed by atoms with Crippen LogP contribution in [0.1, 0.15) is 145 Å². The number of allylic oxidation sites excluding steroid dienone is 1. The number of carbonyl (C=O) groups excluding carboxylic acids is 1. The zero-order valence-corrected chi connectivity index (χ0v) is 26.0. The van der Waals surface area contributed by atoms with Gasteiger partial charge in [0, 0.05) is 17.2 Å². The molecule has 4 heteroatoms. The minimum Gasteiger partial charge on any atom is -0.507 e. The van der Waals surface area contributed by atoms with Gasteiger partial charge in [-0.1, -0.05) is 117 Å². The van der Waals surface area contributed by atoms with Crippen LogP contribution in [-0.4, -0.2) is 24.1 Å². The number of hydrogen-bond donors (Lipinski definition) is 1. The summed E-state index contributed by atoms with van der Waals surface area (Å²) in [5.41, 5.74) is 1.11. The highest BCUT2D eigenvalue weighted by atomic mass is 16.5. The minimum absolute atomic E-state index is 0.0498. The minimum atomic E-state index is -0.238. The molecular formula is C37H56O4. The number of hydrogen-bond acceptors (Lipinski definition) is 4. The molecule has 0 unspecified atom stereocenters. The summed E-state index contributed by atoms with van der Waals surface area (Å²) in [4.78, 5) is 12.7. The van der Waals surface area contributed by atoms with Gasteiger partial charge in [-0.25, -0.2) is 0 Å². The number of unbranched alkanes of at least 4 members (excludes halogenated alkanes) is 16. The molecule has 41 heavy (non-hydrogen) atoms. The largest absolute Gasteiger partial charge is 0.507 e. The summed E-state index contributed by atoms with van der Waals surface area (Å²) in [6.07, 6.45) is 24.5. The van der Waals surface area contributed by atoms with Crippen LogP contribution in [0.5, 0.6) is 11.5 Å². The third-order valence-corrected chi connectivity index (χ3v) is 7.59. The zero-order valence-electron chi connectivity index (χ0n) is 26.0. The Morgan fingerprint density at radius 2 is 0.878 bits per heavy atom. The first kappa shape index (κ1) is 34.5. The molecule has 0 aromatic heterocycles. The second-order valence-electron chi connectivity index (χ2n) is 11.3. The van der Waals surface area contributed by atoms with Gasteiger partial charge in [0.05, 0.1) is 13.2 Å². The van der Waals surface area contributed by atoms with Crippen molar-refractivity contribution in [1.29, 1.82) is 0 Å². The molecule has 2 aromatic rings. The van der Waals surface area contributed by atoms with Gasteiger partial charge in [-0.2, -0.15) is 0 Å². The molecule has 0 aliphatic heterocycles. The van der Waals surface area contributed by atoms with Crippen molar-refractivity contribution in [2.75, 3.05) is 13.2 Å². The van der Waals surface area contributed by atoms with Crippen molar-refractivity contribution in [3.05, 3.63) is 65.7 Å². The molecule has 0 amide bonds. The fourth-order valence-corrected chi connectivity index (χ4v) is 4.93. The van der Waals surface area contributed by atoms with Gasteiger partial charge in [0.15, 0.2) is 5.78 Å². The topological polar surface area (TPSA) is 55.8 Å². The average Bonchev–Trinajstić information content (AvgIpc) is 2.99. The second-order valence-corrected chi connectivity index (χ2v) is 11.3. The Labute approximate surface area is 250 Å². The van der Waals surface area contributed by atoms with Gasteiger partial charge >= 0.3 is 0 Å². The van der Waals surface area contributed by atoms with Gasteiger partial charge in [-0.3, -0.25) is 4.79 Å². The number of aliphatic hydroxyl groups excluding tert-OH is 1. The molecule has 0 saturated carbocycles. The number of carbonyl (C=O) groups is 1. The first-order chi connectivity index (χ1) is 20.1. The first-order valence-corrected chi connectivity index (χ1v) is 16.5. The fraction of sp³-hybridized carbons (Fsp3) is 0.595. The van der Waals surface area contributed by atoms with Gasteiger partial charge < -0.3 is 14.6 Å². The van der Waals surface area contributed by atoms with Gasteiger partial charge in [0.1, 0.15) is 17.3 Å². The second kappa shape index (κ2) is 22.9. The predicted molar refractivity (Wildman–Crippen MR) is 173 cm³/mol. The molecule has 2 rings (SSSR count). The fourth-order valence-electron chi connectivity index (χ4n) is 4.93. The Hall–Kier alpha value is -2.75. The number of ether oxygens (including phenoxy) is 2. The standard InChI is InChI=1S/C37H56O4/c1-3-5-7-9-11-13-14-16-18-20-30-41-35-27-23-33(24-28-35)37(39)31-36(38)32-21-25-34(26-22-32)40-29-19-17-15-12-10-8-6-4-2/h21-28,31,39H,3-20,29-30H2,1-2H3/b37-31-. The van der Waals surface area contributed by atoms with Crippen molar-refractivity contribution in [3.8, 4) is 11.5 Å². The SMILES string of the molecule is CCCCCCCCCCCCOc1ccc(/C(O)=C/C(=O)c2ccc(OCCCCCCCCCC)cc2)cc1. The zero-order chi connectivity index (χ0) is 29.4. The number of aliphatic hydroxyl groups is 1. The highest BCUT2D eigenvalue weighted by Gasteiger charge is 2.08. The third-order valence-electron chi connectivity index (χ3n) is 7.59. The monoisotopic (exact) mass is 564 g/mol. The van der Waals surface area contributed by atoms with E-state index >= 15 is 0 Å². The van der Waals surface area contributed by atoms with E-state index in [4.69, 9.17) is 9.47 Å². The normalized spacial score (nSPS) is 11.5. The molecule has 1 N–H and O–H groups in total. The molecular weight excluding hydrogens is 508 g/mol. The van der Waals surface area contributed by atoms with Crippen LogP contribution >= 0.6 is 0 Å². The summed E-state index contributed by atoms with van der Waals surface area (Å²) < 4.78 is 11.7. The number of rotatable bonds is 25. The summed E-state index contributed by atoms with van der Waals surface area (Å²) in [7, 11) is 0. The summed E-state index contributed by atoms with van der Waals surface area (Å²) in [6.45, 7) is 5.91. The molecule has 0 saturated heterocycles. The van der Waals surface area contributed by atoms with E-state index in [1.54, 1.807) is 24.3 Å². The van der Waals surface area contributed by atoms with Crippen LogP contribution in [-0.2, 0) is 0 Å². The molecule has 0 aliphatic rings. The summed E-state index contributed by atoms with van der Waals surface area (Å²) in [5.74, 6) is 1.27. The van der Waals surface area contributed by atoms with Crippen LogP contribution in [0.15, 0.2) is 54.6 Å². The van der Waals surface area contributed by atoms with Crippen molar-refractivity contribution in [1.82, 2.24) is 0 Å². The molecule has 2 aromatic carbocycles. The van der Waals surface area contributed by atoms with Gasteiger partial charge in [-0.15, -0.1) is 0 Å². The lowest BCUT2D eigenvalue weighted by atomic mass is 10.1. The van der Waals surface area contributed by atoms with Crippen LogP contribution < -0.4 is 9.47 Å². The van der Waals surface area contributed by atoms with E-state index in [-0.39, 0.29) is 11.5 Å². The maximum atomic E-state index is 12.7. The molecule has 0 radical (unpaired) electrons. The molecule has 0 bridgehead atoms. The van der Waals surface area contributed by atoms with Crippen molar-refractivity contribution in [2.24, 2.45) is 0 Å².